The predicted octanol–water partition coefficient (Wildman–Crippen LogP) is 3.73. The molecule has 0 saturated carbocycles. The number of nitrogens with zero attached hydrogens (tertiary/aromatic N) is 2. The van der Waals surface area contributed by atoms with Crippen molar-refractivity contribution in [1.29, 1.82) is 0 Å². The average Bonchev–Trinajstić information content (AvgIpc) is 2.72. The summed E-state index contributed by atoms with van der Waals surface area (Å²) in [7, 11) is 1.59. The molecular weight excluding hydrogens is 358 g/mol. The number of hydrogen-bond donors (Lipinski definition) is 3. The number of para-hydroxylation sites is 3. The molecule has 0 aliphatic rings. The Morgan fingerprint density at radius 2 is 1.61 bits per heavy atom. The lowest BCUT2D eigenvalue weighted by Crippen LogP contribution is -2.10. The number of methoxy groups -OCH3 is 1. The fourth-order valence-corrected chi connectivity index (χ4v) is 2.58. The Kier molecular flexibility index (Phi) is 5.91. The molecule has 28 heavy (non-hydrogen) atoms. The van der Waals surface area contributed by atoms with Gasteiger partial charge >= 0.3 is 5.97 Å². The zero-order valence-corrected chi connectivity index (χ0v) is 15.6. The average molecular weight is 379 g/mol. The molecule has 0 aliphatic carbocycles. The third-order valence-electron chi connectivity index (χ3n) is 3.92. The summed E-state index contributed by atoms with van der Waals surface area (Å²) in [5.74, 6) is 1.01. The van der Waals surface area contributed by atoms with Crippen LogP contribution in [0.2, 0.25) is 0 Å². The zero-order valence-electron chi connectivity index (χ0n) is 15.6. The van der Waals surface area contributed by atoms with Crippen LogP contribution in [0.4, 0.5) is 28.7 Å². The monoisotopic (exact) mass is 379 g/mol. The van der Waals surface area contributed by atoms with Crippen molar-refractivity contribution >= 4 is 34.7 Å². The van der Waals surface area contributed by atoms with Crippen molar-refractivity contribution < 1.29 is 14.3 Å². The van der Waals surface area contributed by atoms with Gasteiger partial charge in [0.2, 0.25) is 0 Å². The van der Waals surface area contributed by atoms with E-state index < -0.39 is 5.97 Å². The molecule has 0 spiro atoms. The van der Waals surface area contributed by atoms with E-state index in [0.29, 0.717) is 40.0 Å². The Bertz CT molecular complexity index is 978. The highest BCUT2D eigenvalue weighted by atomic mass is 16.5. The second-order valence-corrected chi connectivity index (χ2v) is 5.70. The highest BCUT2D eigenvalue weighted by Crippen LogP contribution is 2.32. The number of benzene rings is 2. The molecule has 0 fully saturated rings. The van der Waals surface area contributed by atoms with Crippen molar-refractivity contribution in [3.8, 4) is 5.75 Å². The summed E-state index contributed by atoms with van der Waals surface area (Å²) in [6.07, 6.45) is 1.38. The van der Waals surface area contributed by atoms with Crippen LogP contribution in [0.1, 0.15) is 17.3 Å². The van der Waals surface area contributed by atoms with Crippen molar-refractivity contribution in [3.63, 3.8) is 0 Å². The van der Waals surface area contributed by atoms with E-state index in [1.807, 2.05) is 24.3 Å². The van der Waals surface area contributed by atoms with Crippen molar-refractivity contribution in [2.45, 2.75) is 6.92 Å². The number of esters is 1. The SMILES string of the molecule is CCOC(=O)c1ccccc1Nc1ncnc(Nc2ccccc2OC)c1N. The van der Waals surface area contributed by atoms with Gasteiger partial charge in [-0.2, -0.15) is 0 Å². The maximum Gasteiger partial charge on any atom is 0.340 e. The Morgan fingerprint density at radius 1 is 1.00 bits per heavy atom. The molecule has 0 unspecified atom stereocenters. The minimum absolute atomic E-state index is 0.287. The number of hydrogen-bond acceptors (Lipinski definition) is 8. The minimum Gasteiger partial charge on any atom is -0.495 e. The van der Waals surface area contributed by atoms with E-state index in [9.17, 15) is 4.79 Å². The Morgan fingerprint density at radius 3 is 2.29 bits per heavy atom. The first kappa shape index (κ1) is 19.0. The third-order valence-corrected chi connectivity index (χ3v) is 3.92. The zero-order chi connectivity index (χ0) is 19.9. The highest BCUT2D eigenvalue weighted by molar-refractivity contribution is 5.97. The number of nitrogens with one attached hydrogen (secondary N) is 2. The molecule has 8 heteroatoms. The maximum absolute atomic E-state index is 12.2. The van der Waals surface area contributed by atoms with Crippen molar-refractivity contribution in [2.75, 3.05) is 30.1 Å². The smallest absolute Gasteiger partial charge is 0.340 e. The van der Waals surface area contributed by atoms with Crippen LogP contribution < -0.4 is 21.1 Å². The van der Waals surface area contributed by atoms with Crippen molar-refractivity contribution in [2.24, 2.45) is 0 Å². The van der Waals surface area contributed by atoms with E-state index in [1.54, 1.807) is 38.3 Å². The van der Waals surface area contributed by atoms with Gasteiger partial charge in [-0.1, -0.05) is 24.3 Å². The van der Waals surface area contributed by atoms with Crippen LogP contribution in [0.5, 0.6) is 5.75 Å². The van der Waals surface area contributed by atoms with Gasteiger partial charge in [-0.3, -0.25) is 0 Å². The van der Waals surface area contributed by atoms with E-state index in [0.717, 1.165) is 0 Å². The summed E-state index contributed by atoms with van der Waals surface area (Å²) >= 11 is 0. The topological polar surface area (TPSA) is 111 Å². The third kappa shape index (κ3) is 4.12. The molecule has 0 amide bonds. The second-order valence-electron chi connectivity index (χ2n) is 5.70. The van der Waals surface area contributed by atoms with Crippen LogP contribution in [-0.2, 0) is 4.74 Å². The van der Waals surface area contributed by atoms with Gasteiger partial charge in [0.15, 0.2) is 11.6 Å². The predicted molar refractivity (Wildman–Crippen MR) is 108 cm³/mol. The first-order chi connectivity index (χ1) is 13.6. The summed E-state index contributed by atoms with van der Waals surface area (Å²) in [5, 5.41) is 6.23. The first-order valence-corrected chi connectivity index (χ1v) is 8.67. The van der Waals surface area contributed by atoms with Gasteiger partial charge in [0.05, 0.1) is 30.7 Å². The molecule has 3 aromatic rings. The van der Waals surface area contributed by atoms with Gasteiger partial charge < -0.3 is 25.8 Å². The molecule has 0 radical (unpaired) electrons. The van der Waals surface area contributed by atoms with Crippen LogP contribution >= 0.6 is 0 Å². The van der Waals surface area contributed by atoms with Gasteiger partial charge in [0, 0.05) is 0 Å². The lowest BCUT2D eigenvalue weighted by molar-refractivity contribution is 0.0527. The van der Waals surface area contributed by atoms with E-state index in [-0.39, 0.29) is 6.61 Å². The fourth-order valence-electron chi connectivity index (χ4n) is 2.58. The Hall–Kier alpha value is -3.81. The molecule has 0 bridgehead atoms. The van der Waals surface area contributed by atoms with Crippen LogP contribution in [0.15, 0.2) is 54.9 Å². The number of nitrogens with two attached hydrogens (primary N) is 1. The van der Waals surface area contributed by atoms with Crippen molar-refractivity contribution in [1.82, 2.24) is 9.97 Å². The fraction of sp³-hybridized carbons (Fsp3) is 0.150. The van der Waals surface area contributed by atoms with Gasteiger partial charge in [-0.15, -0.1) is 0 Å². The number of rotatable bonds is 7. The molecule has 8 nitrogen and oxygen atoms in total. The van der Waals surface area contributed by atoms with E-state index in [1.165, 1.54) is 6.33 Å². The Balaban J connectivity index is 1.89. The van der Waals surface area contributed by atoms with E-state index in [2.05, 4.69) is 20.6 Å². The number of nitrogen functional groups attached to an aromatic ring is 1. The van der Waals surface area contributed by atoms with Crippen LogP contribution in [0, 0.1) is 0 Å². The molecule has 144 valence electrons. The summed E-state index contributed by atoms with van der Waals surface area (Å²) < 4.78 is 10.4. The standard InChI is InChI=1S/C20H21N5O3/c1-3-28-20(26)13-8-4-5-9-14(13)24-18-17(21)19(23-12-22-18)25-15-10-6-7-11-16(15)27-2/h4-12H,3,21H2,1-2H3,(H2,22,23,24,25). The molecule has 0 aliphatic heterocycles. The minimum atomic E-state index is -0.425. The van der Waals surface area contributed by atoms with E-state index >= 15 is 0 Å². The number of anilines is 5. The summed E-state index contributed by atoms with van der Waals surface area (Å²) in [6.45, 7) is 2.04. The maximum atomic E-state index is 12.2. The second kappa shape index (κ2) is 8.72. The molecule has 0 saturated heterocycles. The largest absolute Gasteiger partial charge is 0.495 e. The molecule has 1 aromatic heterocycles. The first-order valence-electron chi connectivity index (χ1n) is 8.67. The van der Waals surface area contributed by atoms with Crippen LogP contribution in [0.3, 0.4) is 0 Å². The quantitative estimate of drug-likeness (QED) is 0.533. The molecule has 2 aromatic carbocycles. The van der Waals surface area contributed by atoms with Crippen LogP contribution in [-0.4, -0.2) is 29.7 Å². The molecular formula is C20H21N5O3. The van der Waals surface area contributed by atoms with Crippen LogP contribution in [0.25, 0.3) is 0 Å². The number of carbonyl (C=O) groups is 1. The van der Waals surface area contributed by atoms with Gasteiger partial charge in [0.1, 0.15) is 17.8 Å². The lowest BCUT2D eigenvalue weighted by atomic mass is 10.2. The summed E-state index contributed by atoms with van der Waals surface area (Å²) in [4.78, 5) is 20.6. The van der Waals surface area contributed by atoms with Gasteiger partial charge in [0.25, 0.3) is 0 Å². The highest BCUT2D eigenvalue weighted by Gasteiger charge is 2.15. The Labute approximate surface area is 162 Å². The van der Waals surface area contributed by atoms with Gasteiger partial charge in [-0.25, -0.2) is 14.8 Å². The number of carbonyl (C=O) groups excluding carboxylic acids is 1. The normalized spacial score (nSPS) is 10.2. The molecule has 4 N–H and O–H groups in total. The lowest BCUT2D eigenvalue weighted by Gasteiger charge is -2.15. The molecule has 3 rings (SSSR count). The molecule has 0 atom stereocenters. The number of aromatic nitrogens is 2. The van der Waals surface area contributed by atoms with Gasteiger partial charge in [-0.05, 0) is 31.2 Å². The van der Waals surface area contributed by atoms with Crippen molar-refractivity contribution in [3.05, 3.63) is 60.4 Å². The summed E-state index contributed by atoms with van der Waals surface area (Å²) in [6, 6.07) is 14.4. The summed E-state index contributed by atoms with van der Waals surface area (Å²) in [5.41, 5.74) is 8.19. The van der Waals surface area contributed by atoms with E-state index in [4.69, 9.17) is 15.2 Å². The molecule has 1 heterocycles. The number of ether oxygens (including phenoxy) is 2.